The molecule has 1 aromatic heterocycles. The highest BCUT2D eigenvalue weighted by Gasteiger charge is 2.12. The topological polar surface area (TPSA) is 27.1 Å². The van der Waals surface area contributed by atoms with E-state index >= 15 is 0 Å². The predicted octanol–water partition coefficient (Wildman–Crippen LogP) is 7.07. The summed E-state index contributed by atoms with van der Waals surface area (Å²) in [5, 5.41) is 5.61. The molecule has 0 atom stereocenters. The van der Waals surface area contributed by atoms with Gasteiger partial charge in [-0.05, 0) is 97.7 Å². The maximum Gasteiger partial charge on any atom is 0.119 e. The highest BCUT2D eigenvalue weighted by molar-refractivity contribution is 5.85. The van der Waals surface area contributed by atoms with E-state index in [0.717, 1.165) is 31.4 Å². The molecule has 0 amide bonds. The van der Waals surface area contributed by atoms with E-state index in [9.17, 15) is 0 Å². The predicted molar refractivity (Wildman–Crippen MR) is 134 cm³/mol. The summed E-state index contributed by atoms with van der Waals surface area (Å²) in [6, 6.07) is 20.1. The maximum atomic E-state index is 5.79. The standard InChI is InChI=1S/C29H34N2O/c1-6-7-23-18-28(25-12-15-29-26(17-25)19-30-31(29)5)24(16-21(23)4)11-8-22-9-13-27(14-10-22)32-20(2)3/h9-10,12-20H,6-8,11H2,1-5H3. The Labute approximate surface area is 192 Å². The van der Waals surface area contributed by atoms with Crippen LogP contribution in [0.25, 0.3) is 22.0 Å². The third kappa shape index (κ3) is 4.88. The molecule has 0 aliphatic carbocycles. The number of ether oxygens (including phenoxy) is 1. The summed E-state index contributed by atoms with van der Waals surface area (Å²) >= 11 is 0. The number of rotatable bonds is 8. The lowest BCUT2D eigenvalue weighted by Crippen LogP contribution is -2.05. The zero-order valence-corrected chi connectivity index (χ0v) is 20.0. The Balaban J connectivity index is 1.65. The van der Waals surface area contributed by atoms with Crippen molar-refractivity contribution in [3.63, 3.8) is 0 Å². The number of nitrogens with zero attached hydrogens (tertiary/aromatic N) is 2. The number of fused-ring (bicyclic) bond motifs is 1. The Hall–Kier alpha value is -3.07. The molecular weight excluding hydrogens is 392 g/mol. The van der Waals surface area contributed by atoms with Gasteiger partial charge in [-0.25, -0.2) is 0 Å². The average Bonchev–Trinajstić information content (AvgIpc) is 3.14. The third-order valence-electron chi connectivity index (χ3n) is 6.12. The normalized spacial score (nSPS) is 11.4. The molecule has 166 valence electrons. The van der Waals surface area contributed by atoms with E-state index in [4.69, 9.17) is 4.74 Å². The van der Waals surface area contributed by atoms with E-state index in [1.54, 1.807) is 0 Å². The summed E-state index contributed by atoms with van der Waals surface area (Å²) in [6.45, 7) is 8.62. The number of hydrogen-bond acceptors (Lipinski definition) is 2. The molecule has 0 fully saturated rings. The van der Waals surface area contributed by atoms with Crippen LogP contribution in [-0.2, 0) is 26.3 Å². The van der Waals surface area contributed by atoms with Gasteiger partial charge in [0.2, 0.25) is 0 Å². The first-order valence-corrected chi connectivity index (χ1v) is 11.7. The van der Waals surface area contributed by atoms with Crippen molar-refractivity contribution in [1.29, 1.82) is 0 Å². The fourth-order valence-corrected chi connectivity index (χ4v) is 4.44. The zero-order chi connectivity index (χ0) is 22.7. The van der Waals surface area contributed by atoms with Crippen molar-refractivity contribution in [3.8, 4) is 16.9 Å². The van der Waals surface area contributed by atoms with Crippen LogP contribution in [0.4, 0.5) is 0 Å². The fourth-order valence-electron chi connectivity index (χ4n) is 4.44. The number of aryl methyl sites for hydroxylation is 5. The first-order chi connectivity index (χ1) is 15.4. The van der Waals surface area contributed by atoms with Crippen molar-refractivity contribution in [1.82, 2.24) is 9.78 Å². The summed E-state index contributed by atoms with van der Waals surface area (Å²) in [4.78, 5) is 0. The van der Waals surface area contributed by atoms with Crippen LogP contribution < -0.4 is 4.74 Å². The lowest BCUT2D eigenvalue weighted by molar-refractivity contribution is 0.242. The van der Waals surface area contributed by atoms with Crippen LogP contribution in [0.5, 0.6) is 5.75 Å². The Morgan fingerprint density at radius 1 is 0.906 bits per heavy atom. The first-order valence-electron chi connectivity index (χ1n) is 11.7. The lowest BCUT2D eigenvalue weighted by Gasteiger charge is -2.16. The lowest BCUT2D eigenvalue weighted by atomic mass is 9.89. The Morgan fingerprint density at radius 3 is 2.41 bits per heavy atom. The van der Waals surface area contributed by atoms with Crippen molar-refractivity contribution >= 4 is 10.9 Å². The Kier molecular flexibility index (Phi) is 6.64. The van der Waals surface area contributed by atoms with Gasteiger partial charge in [0.25, 0.3) is 0 Å². The second-order valence-corrected chi connectivity index (χ2v) is 9.04. The third-order valence-corrected chi connectivity index (χ3v) is 6.12. The Bertz CT molecular complexity index is 1200. The molecule has 0 unspecified atom stereocenters. The summed E-state index contributed by atoms with van der Waals surface area (Å²) in [5.74, 6) is 0.939. The second kappa shape index (κ2) is 9.60. The Morgan fingerprint density at radius 2 is 1.69 bits per heavy atom. The molecule has 3 nitrogen and oxygen atoms in total. The highest BCUT2D eigenvalue weighted by atomic mass is 16.5. The maximum absolute atomic E-state index is 5.79. The van der Waals surface area contributed by atoms with E-state index in [0.29, 0.717) is 0 Å². The second-order valence-electron chi connectivity index (χ2n) is 9.04. The van der Waals surface area contributed by atoms with Crippen molar-refractivity contribution in [3.05, 3.63) is 83.0 Å². The van der Waals surface area contributed by atoms with Gasteiger partial charge >= 0.3 is 0 Å². The summed E-state index contributed by atoms with van der Waals surface area (Å²) in [7, 11) is 2.00. The van der Waals surface area contributed by atoms with Crippen LogP contribution >= 0.6 is 0 Å². The SMILES string of the molecule is CCCc1cc(-c2ccc3c(cnn3C)c2)c(CCc2ccc(OC(C)C)cc2)cc1C. The largest absolute Gasteiger partial charge is 0.491 e. The quantitative estimate of drug-likeness (QED) is 0.301. The van der Waals surface area contributed by atoms with Crippen LogP contribution in [0, 0.1) is 6.92 Å². The molecule has 32 heavy (non-hydrogen) atoms. The monoisotopic (exact) mass is 426 g/mol. The summed E-state index contributed by atoms with van der Waals surface area (Å²) < 4.78 is 7.73. The molecule has 0 aliphatic rings. The van der Waals surface area contributed by atoms with Gasteiger partial charge < -0.3 is 4.74 Å². The molecule has 0 saturated heterocycles. The molecular formula is C29H34N2O. The fraction of sp³-hybridized carbons (Fsp3) is 0.345. The molecule has 4 aromatic rings. The highest BCUT2D eigenvalue weighted by Crippen LogP contribution is 2.31. The average molecular weight is 427 g/mol. The van der Waals surface area contributed by atoms with Crippen LogP contribution in [0.2, 0.25) is 0 Å². The summed E-state index contributed by atoms with van der Waals surface area (Å²) in [5.41, 5.74) is 9.39. The van der Waals surface area contributed by atoms with Crippen molar-refractivity contribution in [2.24, 2.45) is 7.05 Å². The molecule has 0 aliphatic heterocycles. The van der Waals surface area contributed by atoms with Gasteiger partial charge in [-0.3, -0.25) is 4.68 Å². The molecule has 0 bridgehead atoms. The van der Waals surface area contributed by atoms with Gasteiger partial charge in [0.1, 0.15) is 5.75 Å². The van der Waals surface area contributed by atoms with Crippen LogP contribution in [0.15, 0.2) is 60.8 Å². The molecule has 0 spiro atoms. The van der Waals surface area contributed by atoms with Crippen LogP contribution in [0.3, 0.4) is 0 Å². The molecule has 3 heteroatoms. The van der Waals surface area contributed by atoms with E-state index in [-0.39, 0.29) is 6.10 Å². The number of aromatic nitrogens is 2. The molecule has 4 rings (SSSR count). The van der Waals surface area contributed by atoms with Gasteiger partial charge in [-0.1, -0.05) is 43.7 Å². The molecule has 1 heterocycles. The van der Waals surface area contributed by atoms with E-state index in [1.165, 1.54) is 44.3 Å². The van der Waals surface area contributed by atoms with Gasteiger partial charge in [0, 0.05) is 12.4 Å². The van der Waals surface area contributed by atoms with Crippen LogP contribution in [0.1, 0.15) is 49.4 Å². The minimum atomic E-state index is 0.199. The van der Waals surface area contributed by atoms with Gasteiger partial charge in [-0.15, -0.1) is 0 Å². The van der Waals surface area contributed by atoms with Gasteiger partial charge in [-0.2, -0.15) is 5.10 Å². The molecule has 0 saturated carbocycles. The van der Waals surface area contributed by atoms with Gasteiger partial charge in [0.05, 0.1) is 17.8 Å². The van der Waals surface area contributed by atoms with Crippen molar-refractivity contribution in [2.45, 2.75) is 59.5 Å². The van der Waals surface area contributed by atoms with E-state index in [1.807, 2.05) is 17.9 Å². The van der Waals surface area contributed by atoms with Gasteiger partial charge in [0.15, 0.2) is 0 Å². The summed E-state index contributed by atoms with van der Waals surface area (Å²) in [6.07, 6.45) is 6.46. The van der Waals surface area contributed by atoms with Crippen molar-refractivity contribution in [2.75, 3.05) is 0 Å². The van der Waals surface area contributed by atoms with E-state index < -0.39 is 0 Å². The first kappa shape index (κ1) is 22.1. The van der Waals surface area contributed by atoms with E-state index in [2.05, 4.69) is 87.4 Å². The molecule has 0 N–H and O–H groups in total. The molecule has 3 aromatic carbocycles. The zero-order valence-electron chi connectivity index (χ0n) is 20.0. The molecule has 0 radical (unpaired) electrons. The van der Waals surface area contributed by atoms with Crippen LogP contribution in [-0.4, -0.2) is 15.9 Å². The van der Waals surface area contributed by atoms with Crippen molar-refractivity contribution < 1.29 is 4.74 Å². The minimum absolute atomic E-state index is 0.199. The number of benzene rings is 3. The minimum Gasteiger partial charge on any atom is -0.491 e. The number of hydrogen-bond donors (Lipinski definition) is 0. The smallest absolute Gasteiger partial charge is 0.119 e.